The molecule has 0 aromatic heterocycles. The Morgan fingerprint density at radius 2 is 1.79 bits per heavy atom. The Bertz CT molecular complexity index is 155. The van der Waals surface area contributed by atoms with Crippen molar-refractivity contribution >= 4 is 0 Å². The predicted octanol–water partition coefficient (Wildman–Crippen LogP) is 5.20. The van der Waals surface area contributed by atoms with Crippen LogP contribution in [0.2, 0.25) is 0 Å². The summed E-state index contributed by atoms with van der Waals surface area (Å²) in [4.78, 5) is 0. The Balaban J connectivity index is 3.60. The fourth-order valence-corrected chi connectivity index (χ4v) is 1.52. The molecule has 0 heteroatoms. The Kier molecular flexibility index (Phi) is 7.93. The van der Waals surface area contributed by atoms with E-state index in [1.165, 1.54) is 32.1 Å². The average Bonchev–Trinajstić information content (AvgIpc) is 2.22. The van der Waals surface area contributed by atoms with E-state index in [1.807, 2.05) is 0 Å². The summed E-state index contributed by atoms with van der Waals surface area (Å²) in [6.07, 6.45) is 9.07. The third kappa shape index (κ3) is 6.23. The predicted molar refractivity (Wildman–Crippen MR) is 66.5 cm³/mol. The van der Waals surface area contributed by atoms with Gasteiger partial charge < -0.3 is 0 Å². The highest BCUT2D eigenvalue weighted by Gasteiger charge is 2.00. The van der Waals surface area contributed by atoms with E-state index in [-0.39, 0.29) is 0 Å². The quantitative estimate of drug-likeness (QED) is 0.388. The smallest absolute Gasteiger partial charge is 0.0237 e. The number of rotatable bonds is 7. The van der Waals surface area contributed by atoms with Crippen LogP contribution >= 0.6 is 0 Å². The molecule has 0 spiro atoms. The lowest BCUT2D eigenvalue weighted by Gasteiger charge is -2.10. The summed E-state index contributed by atoms with van der Waals surface area (Å²) < 4.78 is 0. The van der Waals surface area contributed by atoms with Gasteiger partial charge in [0.1, 0.15) is 0 Å². The number of hydrogen-bond donors (Lipinski definition) is 0. The van der Waals surface area contributed by atoms with Gasteiger partial charge in [0.05, 0.1) is 0 Å². The topological polar surface area (TPSA) is 0 Å². The van der Waals surface area contributed by atoms with Gasteiger partial charge in [0.15, 0.2) is 0 Å². The summed E-state index contributed by atoms with van der Waals surface area (Å²) in [7, 11) is 0. The molecule has 2 atom stereocenters. The van der Waals surface area contributed by atoms with Crippen LogP contribution in [0.1, 0.15) is 66.7 Å². The second-order valence-electron chi connectivity index (χ2n) is 4.70. The molecule has 2 unspecified atom stereocenters. The zero-order valence-corrected chi connectivity index (χ0v) is 10.8. The maximum Gasteiger partial charge on any atom is -0.0237 e. The van der Waals surface area contributed by atoms with E-state index in [2.05, 4.69) is 40.7 Å². The second-order valence-corrected chi connectivity index (χ2v) is 4.70. The molecule has 0 radical (unpaired) electrons. The van der Waals surface area contributed by atoms with Crippen LogP contribution in [0.3, 0.4) is 0 Å². The van der Waals surface area contributed by atoms with Gasteiger partial charge in [-0.3, -0.25) is 0 Å². The van der Waals surface area contributed by atoms with E-state index in [1.54, 1.807) is 5.57 Å². The molecule has 0 aliphatic rings. The van der Waals surface area contributed by atoms with Crippen molar-refractivity contribution in [3.8, 4) is 0 Å². The Morgan fingerprint density at radius 3 is 2.29 bits per heavy atom. The molecule has 0 saturated heterocycles. The molecule has 84 valence electrons. The van der Waals surface area contributed by atoms with E-state index in [4.69, 9.17) is 0 Å². The number of unbranched alkanes of at least 4 members (excludes halogenated alkanes) is 1. The number of allylic oxidation sites excluding steroid dienone is 2. The zero-order chi connectivity index (χ0) is 11.0. The van der Waals surface area contributed by atoms with Crippen molar-refractivity contribution in [2.75, 3.05) is 0 Å². The van der Waals surface area contributed by atoms with Gasteiger partial charge in [0.2, 0.25) is 0 Å². The lowest BCUT2D eigenvalue weighted by atomic mass is 9.97. The molecule has 0 heterocycles. The van der Waals surface area contributed by atoms with Gasteiger partial charge in [-0.05, 0) is 38.0 Å². The van der Waals surface area contributed by atoms with E-state index in [9.17, 15) is 0 Å². The van der Waals surface area contributed by atoms with Gasteiger partial charge in [-0.15, -0.1) is 0 Å². The lowest BCUT2D eigenvalue weighted by Crippen LogP contribution is -1.94. The summed E-state index contributed by atoms with van der Waals surface area (Å²) in [6.45, 7) is 11.5. The van der Waals surface area contributed by atoms with Crippen molar-refractivity contribution in [1.29, 1.82) is 0 Å². The summed E-state index contributed by atoms with van der Waals surface area (Å²) in [6, 6.07) is 0. The minimum atomic E-state index is 0.776. The maximum atomic E-state index is 2.44. The van der Waals surface area contributed by atoms with Crippen molar-refractivity contribution in [1.82, 2.24) is 0 Å². The first-order chi connectivity index (χ1) is 6.61. The van der Waals surface area contributed by atoms with Crippen LogP contribution < -0.4 is 0 Å². The molecule has 0 aromatic rings. The van der Waals surface area contributed by atoms with Crippen molar-refractivity contribution in [2.24, 2.45) is 11.8 Å². The van der Waals surface area contributed by atoms with Crippen molar-refractivity contribution < 1.29 is 0 Å². The van der Waals surface area contributed by atoms with Crippen LogP contribution in [0.4, 0.5) is 0 Å². The van der Waals surface area contributed by atoms with Crippen LogP contribution in [-0.2, 0) is 0 Å². The maximum absolute atomic E-state index is 2.44. The fraction of sp³-hybridized carbons (Fsp3) is 0.857. The first-order valence-electron chi connectivity index (χ1n) is 6.28. The highest BCUT2D eigenvalue weighted by Crippen LogP contribution is 2.16. The molecule has 0 rings (SSSR count). The van der Waals surface area contributed by atoms with Gasteiger partial charge in [0, 0.05) is 0 Å². The Hall–Kier alpha value is -0.260. The number of hydrogen-bond acceptors (Lipinski definition) is 0. The standard InChI is InChI=1S/C14H28/c1-6-12(3)10-8-9-11-14(5)13(4)7-2/h11-13H,6-10H2,1-5H3. The van der Waals surface area contributed by atoms with Crippen LogP contribution in [0.25, 0.3) is 0 Å². The molecular formula is C14H28. The van der Waals surface area contributed by atoms with E-state index in [0.29, 0.717) is 0 Å². The molecule has 0 fully saturated rings. The SMILES string of the molecule is CCC(C)CCCC=C(C)C(C)CC. The van der Waals surface area contributed by atoms with Crippen molar-refractivity contribution in [2.45, 2.75) is 66.7 Å². The van der Waals surface area contributed by atoms with Crippen LogP contribution in [0.5, 0.6) is 0 Å². The van der Waals surface area contributed by atoms with Gasteiger partial charge in [-0.2, -0.15) is 0 Å². The van der Waals surface area contributed by atoms with Crippen LogP contribution in [0, 0.1) is 11.8 Å². The summed E-state index contributed by atoms with van der Waals surface area (Å²) in [5.74, 6) is 1.69. The van der Waals surface area contributed by atoms with E-state index >= 15 is 0 Å². The van der Waals surface area contributed by atoms with Gasteiger partial charge in [-0.1, -0.05) is 52.2 Å². The largest absolute Gasteiger partial charge is 0.0853 e. The molecule has 0 bridgehead atoms. The first-order valence-corrected chi connectivity index (χ1v) is 6.28. The Labute approximate surface area is 90.8 Å². The average molecular weight is 196 g/mol. The minimum Gasteiger partial charge on any atom is -0.0853 e. The summed E-state index contributed by atoms with van der Waals surface area (Å²) >= 11 is 0. The van der Waals surface area contributed by atoms with E-state index in [0.717, 1.165) is 11.8 Å². The molecule has 0 aliphatic carbocycles. The van der Waals surface area contributed by atoms with Crippen LogP contribution in [0.15, 0.2) is 11.6 Å². The monoisotopic (exact) mass is 196 g/mol. The molecular weight excluding hydrogens is 168 g/mol. The van der Waals surface area contributed by atoms with Crippen molar-refractivity contribution in [3.05, 3.63) is 11.6 Å². The first kappa shape index (κ1) is 13.7. The summed E-state index contributed by atoms with van der Waals surface area (Å²) in [5.41, 5.74) is 1.58. The van der Waals surface area contributed by atoms with Gasteiger partial charge >= 0.3 is 0 Å². The molecule has 0 nitrogen and oxygen atoms in total. The van der Waals surface area contributed by atoms with Gasteiger partial charge in [-0.25, -0.2) is 0 Å². The molecule has 0 aromatic carbocycles. The Morgan fingerprint density at radius 1 is 1.14 bits per heavy atom. The van der Waals surface area contributed by atoms with Gasteiger partial charge in [0.25, 0.3) is 0 Å². The third-order valence-electron chi connectivity index (χ3n) is 3.45. The highest BCUT2D eigenvalue weighted by atomic mass is 14.1. The van der Waals surface area contributed by atoms with E-state index < -0.39 is 0 Å². The highest BCUT2D eigenvalue weighted by molar-refractivity contribution is 5.01. The second kappa shape index (κ2) is 8.08. The van der Waals surface area contributed by atoms with Crippen LogP contribution in [-0.4, -0.2) is 0 Å². The minimum absolute atomic E-state index is 0.776. The van der Waals surface area contributed by atoms with Crippen molar-refractivity contribution in [3.63, 3.8) is 0 Å². The third-order valence-corrected chi connectivity index (χ3v) is 3.45. The zero-order valence-electron chi connectivity index (χ0n) is 10.8. The molecule has 0 N–H and O–H groups in total. The molecule has 0 aliphatic heterocycles. The molecule has 0 amide bonds. The lowest BCUT2D eigenvalue weighted by molar-refractivity contribution is 0.497. The molecule has 14 heavy (non-hydrogen) atoms. The fourth-order valence-electron chi connectivity index (χ4n) is 1.52. The normalized spacial score (nSPS) is 16.8. The summed E-state index contributed by atoms with van der Waals surface area (Å²) in [5, 5.41) is 0. The molecule has 0 saturated carbocycles.